The summed E-state index contributed by atoms with van der Waals surface area (Å²) in [5.74, 6) is 2.94. The number of hydrogen-bond donors (Lipinski definition) is 0. The molecule has 152 valence electrons. The lowest BCUT2D eigenvalue weighted by atomic mass is 9.95. The molecule has 2 fully saturated rings. The summed E-state index contributed by atoms with van der Waals surface area (Å²) in [4.78, 5) is 30.7. The number of carbonyl (C=O) groups is 1. The molecule has 2 aromatic heterocycles. The molecule has 5 rings (SSSR count). The van der Waals surface area contributed by atoms with Crippen molar-refractivity contribution in [3.05, 3.63) is 35.8 Å². The van der Waals surface area contributed by atoms with Crippen LogP contribution in [0.5, 0.6) is 0 Å². The first-order valence-electron chi connectivity index (χ1n) is 11.1. The summed E-state index contributed by atoms with van der Waals surface area (Å²) in [6.45, 7) is 3.93. The Kier molecular flexibility index (Phi) is 5.17. The first kappa shape index (κ1) is 18.5. The van der Waals surface area contributed by atoms with Gasteiger partial charge < -0.3 is 9.80 Å². The average molecular weight is 392 g/mol. The number of fused-ring (bicyclic) bond motifs is 1. The lowest BCUT2D eigenvalue weighted by Crippen LogP contribution is -2.43. The highest BCUT2D eigenvalue weighted by atomic mass is 16.2. The van der Waals surface area contributed by atoms with Gasteiger partial charge in [-0.15, -0.1) is 0 Å². The van der Waals surface area contributed by atoms with Gasteiger partial charge in [-0.05, 0) is 63.0 Å². The molecule has 0 atom stereocenters. The number of aryl methyl sites for hydroxylation is 1. The van der Waals surface area contributed by atoms with E-state index in [9.17, 15) is 4.79 Å². The molecular formula is C23H29N5O. The van der Waals surface area contributed by atoms with Crippen molar-refractivity contribution in [1.82, 2.24) is 19.9 Å². The topological polar surface area (TPSA) is 62.2 Å². The molecule has 0 unspecified atom stereocenters. The van der Waals surface area contributed by atoms with Crippen LogP contribution >= 0.6 is 0 Å². The molecule has 0 bridgehead atoms. The molecule has 29 heavy (non-hydrogen) atoms. The van der Waals surface area contributed by atoms with Gasteiger partial charge in [-0.25, -0.2) is 9.97 Å². The van der Waals surface area contributed by atoms with Crippen LogP contribution in [-0.4, -0.2) is 51.9 Å². The van der Waals surface area contributed by atoms with Gasteiger partial charge >= 0.3 is 0 Å². The number of likely N-dealkylation sites (tertiary alicyclic amines) is 1. The van der Waals surface area contributed by atoms with Crippen LogP contribution in [0.3, 0.4) is 0 Å². The number of nitrogens with zero attached hydrogens (tertiary/aromatic N) is 5. The summed E-state index contributed by atoms with van der Waals surface area (Å²) in [6, 6.07) is 3.98. The van der Waals surface area contributed by atoms with Crippen LogP contribution in [0.15, 0.2) is 24.5 Å². The van der Waals surface area contributed by atoms with E-state index in [-0.39, 0.29) is 0 Å². The predicted octanol–water partition coefficient (Wildman–Crippen LogP) is 3.26. The Balaban J connectivity index is 1.31. The van der Waals surface area contributed by atoms with Gasteiger partial charge in [-0.2, -0.15) is 0 Å². The van der Waals surface area contributed by atoms with Crippen molar-refractivity contribution in [1.29, 1.82) is 0 Å². The molecule has 2 aliphatic heterocycles. The van der Waals surface area contributed by atoms with Crippen LogP contribution in [0.2, 0.25) is 0 Å². The van der Waals surface area contributed by atoms with Gasteiger partial charge in [0.05, 0.1) is 0 Å². The average Bonchev–Trinajstić information content (AvgIpc) is 3.25. The number of anilines is 1. The second kappa shape index (κ2) is 8.09. The Morgan fingerprint density at radius 3 is 2.55 bits per heavy atom. The normalized spacial score (nSPS) is 20.2. The molecule has 0 radical (unpaired) electrons. The Morgan fingerprint density at radius 1 is 0.931 bits per heavy atom. The predicted molar refractivity (Wildman–Crippen MR) is 113 cm³/mol. The lowest BCUT2D eigenvalue weighted by molar-refractivity contribution is -0.134. The van der Waals surface area contributed by atoms with E-state index in [1.165, 1.54) is 17.7 Å². The van der Waals surface area contributed by atoms with E-state index >= 15 is 0 Å². The second-order valence-corrected chi connectivity index (χ2v) is 8.61. The SMILES string of the molecule is O=C1CCCCN1CC1CCN(c2nc(-c3ccncc3)nc3c2CCC3)CC1. The van der Waals surface area contributed by atoms with Gasteiger partial charge in [0.15, 0.2) is 5.82 Å². The van der Waals surface area contributed by atoms with Crippen molar-refractivity contribution in [3.8, 4) is 11.4 Å². The monoisotopic (exact) mass is 391 g/mol. The third kappa shape index (κ3) is 3.85. The zero-order chi connectivity index (χ0) is 19.6. The van der Waals surface area contributed by atoms with Crippen molar-refractivity contribution in [2.45, 2.75) is 51.4 Å². The maximum Gasteiger partial charge on any atom is 0.222 e. The van der Waals surface area contributed by atoms with Gasteiger partial charge in [-0.1, -0.05) is 0 Å². The Bertz CT molecular complexity index is 876. The fourth-order valence-corrected chi connectivity index (χ4v) is 5.00. The quantitative estimate of drug-likeness (QED) is 0.801. The standard InChI is InChI=1S/C23H29N5O/c29-21-6-1-2-13-28(21)16-17-9-14-27(15-10-17)23-19-4-3-5-20(19)25-22(26-23)18-7-11-24-12-8-18/h7-8,11-12,17H,1-6,9-10,13-16H2. The van der Waals surface area contributed by atoms with E-state index in [0.717, 1.165) is 88.3 Å². The summed E-state index contributed by atoms with van der Waals surface area (Å²) in [7, 11) is 0. The molecule has 3 aliphatic rings. The smallest absolute Gasteiger partial charge is 0.222 e. The van der Waals surface area contributed by atoms with E-state index in [4.69, 9.17) is 9.97 Å². The number of hydrogen-bond acceptors (Lipinski definition) is 5. The molecule has 1 aliphatic carbocycles. The van der Waals surface area contributed by atoms with Crippen molar-refractivity contribution < 1.29 is 4.79 Å². The molecular weight excluding hydrogens is 362 g/mol. The largest absolute Gasteiger partial charge is 0.356 e. The number of amides is 1. The summed E-state index contributed by atoms with van der Waals surface area (Å²) < 4.78 is 0. The van der Waals surface area contributed by atoms with E-state index in [1.54, 1.807) is 12.4 Å². The number of pyridine rings is 1. The number of carbonyl (C=O) groups excluding carboxylic acids is 1. The molecule has 1 amide bonds. The molecule has 2 saturated heterocycles. The van der Waals surface area contributed by atoms with Gasteiger partial charge in [0.25, 0.3) is 0 Å². The number of rotatable bonds is 4. The van der Waals surface area contributed by atoms with Crippen LogP contribution in [0.1, 0.15) is 49.8 Å². The summed E-state index contributed by atoms with van der Waals surface area (Å²) in [5.41, 5.74) is 3.62. The van der Waals surface area contributed by atoms with Gasteiger partial charge in [0.1, 0.15) is 5.82 Å². The van der Waals surface area contributed by atoms with Crippen molar-refractivity contribution in [2.75, 3.05) is 31.1 Å². The zero-order valence-corrected chi connectivity index (χ0v) is 17.0. The van der Waals surface area contributed by atoms with Crippen LogP contribution in [0, 0.1) is 5.92 Å². The number of piperidine rings is 2. The number of aromatic nitrogens is 3. The minimum Gasteiger partial charge on any atom is -0.356 e. The summed E-state index contributed by atoms with van der Waals surface area (Å²) in [6.07, 6.45) is 12.1. The van der Waals surface area contributed by atoms with E-state index in [2.05, 4.69) is 14.8 Å². The van der Waals surface area contributed by atoms with E-state index in [0.29, 0.717) is 11.8 Å². The Labute approximate surface area is 172 Å². The Morgan fingerprint density at radius 2 is 1.76 bits per heavy atom. The summed E-state index contributed by atoms with van der Waals surface area (Å²) in [5, 5.41) is 0. The fraction of sp³-hybridized carbons (Fsp3) is 0.565. The van der Waals surface area contributed by atoms with Gasteiger partial charge in [-0.3, -0.25) is 9.78 Å². The Hall–Kier alpha value is -2.50. The van der Waals surface area contributed by atoms with Crippen molar-refractivity contribution in [3.63, 3.8) is 0 Å². The fourth-order valence-electron chi connectivity index (χ4n) is 5.00. The third-order valence-electron chi connectivity index (χ3n) is 6.66. The van der Waals surface area contributed by atoms with Crippen molar-refractivity contribution >= 4 is 11.7 Å². The maximum absolute atomic E-state index is 12.1. The second-order valence-electron chi connectivity index (χ2n) is 8.61. The first-order chi connectivity index (χ1) is 14.3. The van der Waals surface area contributed by atoms with E-state index < -0.39 is 0 Å². The van der Waals surface area contributed by atoms with Crippen molar-refractivity contribution in [2.24, 2.45) is 5.92 Å². The highest BCUT2D eigenvalue weighted by Gasteiger charge is 2.29. The molecule has 6 heteroatoms. The van der Waals surface area contributed by atoms with Crippen LogP contribution < -0.4 is 4.90 Å². The zero-order valence-electron chi connectivity index (χ0n) is 17.0. The van der Waals surface area contributed by atoms with Gasteiger partial charge in [0, 0.05) is 61.8 Å². The highest BCUT2D eigenvalue weighted by Crippen LogP contribution is 2.33. The highest BCUT2D eigenvalue weighted by molar-refractivity contribution is 5.76. The van der Waals surface area contributed by atoms with Crippen LogP contribution in [0.25, 0.3) is 11.4 Å². The minimum atomic E-state index is 0.356. The molecule has 4 heterocycles. The van der Waals surface area contributed by atoms with Gasteiger partial charge in [0.2, 0.25) is 5.91 Å². The molecule has 0 N–H and O–H groups in total. The molecule has 0 spiro atoms. The molecule has 0 aromatic carbocycles. The van der Waals surface area contributed by atoms with E-state index in [1.807, 2.05) is 12.1 Å². The van der Waals surface area contributed by atoms with Crippen LogP contribution in [-0.2, 0) is 17.6 Å². The third-order valence-corrected chi connectivity index (χ3v) is 6.66. The molecule has 0 saturated carbocycles. The first-order valence-corrected chi connectivity index (χ1v) is 11.1. The molecule has 6 nitrogen and oxygen atoms in total. The maximum atomic E-state index is 12.1. The molecule has 2 aromatic rings. The summed E-state index contributed by atoms with van der Waals surface area (Å²) >= 11 is 0. The minimum absolute atomic E-state index is 0.356. The lowest BCUT2D eigenvalue weighted by Gasteiger charge is -2.37. The van der Waals surface area contributed by atoms with Crippen LogP contribution in [0.4, 0.5) is 5.82 Å².